The summed E-state index contributed by atoms with van der Waals surface area (Å²) < 4.78 is 5.86. The number of nitrogens with one attached hydrogen (secondary N) is 1. The minimum Gasteiger partial charge on any atom is -0.376 e. The maximum Gasteiger partial charge on any atom is 0.236 e. The van der Waals surface area contributed by atoms with Gasteiger partial charge >= 0.3 is 0 Å². The lowest BCUT2D eigenvalue weighted by atomic mass is 9.80. The summed E-state index contributed by atoms with van der Waals surface area (Å²) in [5, 5.41) is 3.13. The molecule has 0 spiro atoms. The lowest BCUT2D eigenvalue weighted by Gasteiger charge is -2.32. The van der Waals surface area contributed by atoms with Gasteiger partial charge in [-0.2, -0.15) is 0 Å². The smallest absolute Gasteiger partial charge is 0.236 e. The lowest BCUT2D eigenvalue weighted by molar-refractivity contribution is -0.122. The van der Waals surface area contributed by atoms with Gasteiger partial charge in [0.1, 0.15) is 6.04 Å². The summed E-state index contributed by atoms with van der Waals surface area (Å²) in [6, 6.07) is -0.348. The summed E-state index contributed by atoms with van der Waals surface area (Å²) in [7, 11) is 0. The van der Waals surface area contributed by atoms with E-state index in [1.54, 1.807) is 0 Å². The van der Waals surface area contributed by atoms with Crippen molar-refractivity contribution >= 4 is 5.91 Å². The van der Waals surface area contributed by atoms with Crippen molar-refractivity contribution in [2.24, 2.45) is 17.6 Å². The number of hydrogen-bond acceptors (Lipinski definition) is 3. The Morgan fingerprint density at radius 3 is 2.67 bits per heavy atom. The standard InChI is InChI=1S/C14H28N2O2/c1-4-7-16-13(14(15)17)9-18-12-6-5-10(2)11(3)8-12/h10-13,16H,4-9H2,1-3H3,(H2,15,17). The molecule has 1 aliphatic carbocycles. The molecule has 0 saturated heterocycles. The summed E-state index contributed by atoms with van der Waals surface area (Å²) in [5.74, 6) is 1.18. The largest absolute Gasteiger partial charge is 0.376 e. The number of ether oxygens (including phenoxy) is 1. The molecule has 1 rings (SSSR count). The van der Waals surface area contributed by atoms with Gasteiger partial charge in [0.15, 0.2) is 0 Å². The van der Waals surface area contributed by atoms with Crippen LogP contribution in [0.3, 0.4) is 0 Å². The molecule has 0 aliphatic heterocycles. The van der Waals surface area contributed by atoms with Crippen molar-refractivity contribution in [1.29, 1.82) is 0 Å². The van der Waals surface area contributed by atoms with Gasteiger partial charge < -0.3 is 15.8 Å². The normalized spacial score (nSPS) is 30.1. The van der Waals surface area contributed by atoms with E-state index >= 15 is 0 Å². The Labute approximate surface area is 111 Å². The Kier molecular flexibility index (Phi) is 6.65. The van der Waals surface area contributed by atoms with E-state index < -0.39 is 0 Å². The second kappa shape index (κ2) is 7.74. The van der Waals surface area contributed by atoms with Crippen LogP contribution in [0.2, 0.25) is 0 Å². The first-order valence-electron chi connectivity index (χ1n) is 7.18. The van der Waals surface area contributed by atoms with Gasteiger partial charge in [0.05, 0.1) is 12.7 Å². The maximum absolute atomic E-state index is 11.3. The molecule has 1 aliphatic rings. The molecule has 18 heavy (non-hydrogen) atoms. The molecule has 4 atom stereocenters. The number of carbonyl (C=O) groups excluding carboxylic acids is 1. The summed E-state index contributed by atoms with van der Waals surface area (Å²) in [5.41, 5.74) is 5.36. The quantitative estimate of drug-likeness (QED) is 0.728. The van der Waals surface area contributed by atoms with E-state index in [0.717, 1.165) is 31.7 Å². The van der Waals surface area contributed by atoms with Crippen LogP contribution in [-0.4, -0.2) is 31.2 Å². The molecule has 1 amide bonds. The van der Waals surface area contributed by atoms with E-state index in [0.29, 0.717) is 18.6 Å². The molecule has 4 heteroatoms. The fourth-order valence-electron chi connectivity index (χ4n) is 2.44. The van der Waals surface area contributed by atoms with Gasteiger partial charge in [0.25, 0.3) is 0 Å². The van der Waals surface area contributed by atoms with E-state index in [-0.39, 0.29) is 11.9 Å². The Balaban J connectivity index is 2.31. The summed E-state index contributed by atoms with van der Waals surface area (Å²) in [6.45, 7) is 7.85. The third-order valence-corrected chi connectivity index (χ3v) is 4.03. The van der Waals surface area contributed by atoms with Gasteiger partial charge in [-0.05, 0) is 44.1 Å². The fourth-order valence-corrected chi connectivity index (χ4v) is 2.44. The topological polar surface area (TPSA) is 64.3 Å². The summed E-state index contributed by atoms with van der Waals surface area (Å²) >= 11 is 0. The van der Waals surface area contributed by atoms with Gasteiger partial charge in [0, 0.05) is 0 Å². The van der Waals surface area contributed by atoms with Gasteiger partial charge in [0.2, 0.25) is 5.91 Å². The van der Waals surface area contributed by atoms with Crippen LogP contribution < -0.4 is 11.1 Å². The SMILES string of the molecule is CCCNC(COC1CCC(C)C(C)C1)C(N)=O. The van der Waals surface area contributed by atoms with Crippen molar-refractivity contribution in [3.63, 3.8) is 0 Å². The molecule has 0 bridgehead atoms. The van der Waals surface area contributed by atoms with Crippen LogP contribution in [-0.2, 0) is 9.53 Å². The van der Waals surface area contributed by atoms with Crippen LogP contribution in [0, 0.1) is 11.8 Å². The van der Waals surface area contributed by atoms with Crippen molar-refractivity contribution in [3.05, 3.63) is 0 Å². The Morgan fingerprint density at radius 2 is 2.11 bits per heavy atom. The van der Waals surface area contributed by atoms with E-state index in [1.807, 2.05) is 0 Å². The molecule has 0 aromatic rings. The number of hydrogen-bond donors (Lipinski definition) is 2. The molecule has 4 nitrogen and oxygen atoms in total. The highest BCUT2D eigenvalue weighted by Gasteiger charge is 2.26. The first-order chi connectivity index (χ1) is 8.54. The number of carbonyl (C=O) groups is 1. The van der Waals surface area contributed by atoms with E-state index in [1.165, 1.54) is 6.42 Å². The minimum atomic E-state index is -0.348. The van der Waals surface area contributed by atoms with Crippen molar-refractivity contribution < 1.29 is 9.53 Å². The predicted octanol–water partition coefficient (Wildman–Crippen LogP) is 1.68. The van der Waals surface area contributed by atoms with Crippen LogP contribution in [0.25, 0.3) is 0 Å². The van der Waals surface area contributed by atoms with Crippen molar-refractivity contribution in [3.8, 4) is 0 Å². The first-order valence-corrected chi connectivity index (χ1v) is 7.18. The van der Waals surface area contributed by atoms with Crippen molar-refractivity contribution in [2.75, 3.05) is 13.2 Å². The van der Waals surface area contributed by atoms with Crippen LogP contribution in [0.4, 0.5) is 0 Å². The molecular formula is C14H28N2O2. The first kappa shape index (κ1) is 15.4. The van der Waals surface area contributed by atoms with Crippen LogP contribution in [0.5, 0.6) is 0 Å². The highest BCUT2D eigenvalue weighted by Crippen LogP contribution is 2.30. The van der Waals surface area contributed by atoms with Crippen LogP contribution in [0.15, 0.2) is 0 Å². The number of rotatable bonds is 7. The monoisotopic (exact) mass is 256 g/mol. The average Bonchev–Trinajstić information content (AvgIpc) is 2.33. The highest BCUT2D eigenvalue weighted by atomic mass is 16.5. The Bertz CT molecular complexity index is 258. The highest BCUT2D eigenvalue weighted by molar-refractivity contribution is 5.79. The summed E-state index contributed by atoms with van der Waals surface area (Å²) in [6.07, 6.45) is 4.70. The van der Waals surface area contributed by atoms with Crippen molar-refractivity contribution in [1.82, 2.24) is 5.32 Å². The summed E-state index contributed by atoms with van der Waals surface area (Å²) in [4.78, 5) is 11.3. The molecule has 0 aromatic carbocycles. The third kappa shape index (κ3) is 4.94. The zero-order valence-electron chi connectivity index (χ0n) is 11.9. The number of nitrogens with two attached hydrogens (primary N) is 1. The maximum atomic E-state index is 11.3. The molecule has 0 radical (unpaired) electrons. The second-order valence-corrected chi connectivity index (χ2v) is 5.63. The van der Waals surface area contributed by atoms with E-state index in [2.05, 4.69) is 26.1 Å². The molecular weight excluding hydrogens is 228 g/mol. The Hall–Kier alpha value is -0.610. The molecule has 1 saturated carbocycles. The van der Waals surface area contributed by atoms with E-state index in [9.17, 15) is 4.79 Å². The zero-order chi connectivity index (χ0) is 13.5. The van der Waals surface area contributed by atoms with Gasteiger partial charge in [-0.15, -0.1) is 0 Å². The predicted molar refractivity (Wildman–Crippen MR) is 73.2 cm³/mol. The molecule has 0 aromatic heterocycles. The number of primary amides is 1. The molecule has 106 valence electrons. The second-order valence-electron chi connectivity index (χ2n) is 5.63. The van der Waals surface area contributed by atoms with Crippen LogP contribution >= 0.6 is 0 Å². The Morgan fingerprint density at radius 1 is 1.39 bits per heavy atom. The van der Waals surface area contributed by atoms with Gasteiger partial charge in [-0.1, -0.05) is 20.8 Å². The van der Waals surface area contributed by atoms with Crippen LogP contribution in [0.1, 0.15) is 46.5 Å². The fraction of sp³-hybridized carbons (Fsp3) is 0.929. The van der Waals surface area contributed by atoms with Gasteiger partial charge in [-0.25, -0.2) is 0 Å². The third-order valence-electron chi connectivity index (χ3n) is 4.03. The molecule has 1 fully saturated rings. The molecule has 3 N–H and O–H groups in total. The average molecular weight is 256 g/mol. The molecule has 0 heterocycles. The molecule has 4 unspecified atom stereocenters. The zero-order valence-corrected chi connectivity index (χ0v) is 11.9. The number of amides is 1. The lowest BCUT2D eigenvalue weighted by Crippen LogP contribution is -2.46. The van der Waals surface area contributed by atoms with Gasteiger partial charge in [-0.3, -0.25) is 4.79 Å². The minimum absolute atomic E-state index is 0.293. The van der Waals surface area contributed by atoms with E-state index in [4.69, 9.17) is 10.5 Å². The van der Waals surface area contributed by atoms with Crippen molar-refractivity contribution in [2.45, 2.75) is 58.6 Å².